The molecule has 2 aromatic carbocycles. The third kappa shape index (κ3) is 1.90. The molecule has 0 saturated carbocycles. The minimum Gasteiger partial charge on any atom is -0.258 e. The number of benzene rings is 2. The number of aromatic nitrogens is 1. The quantitative estimate of drug-likeness (QED) is 0.490. The lowest BCUT2D eigenvalue weighted by molar-refractivity contribution is -0.659. The maximum absolute atomic E-state index is 4.16. The van der Waals surface area contributed by atoms with E-state index in [1.165, 1.54) is 21.9 Å². The van der Waals surface area contributed by atoms with E-state index in [0.29, 0.717) is 0 Å². The van der Waals surface area contributed by atoms with Gasteiger partial charge in [0, 0.05) is 6.07 Å². The largest absolute Gasteiger partial charge is 0.258 e. The molecule has 0 atom stereocenters. The molecule has 0 fully saturated rings. The molecule has 0 N–H and O–H groups in total. The zero-order valence-corrected chi connectivity index (χ0v) is 11.8. The normalized spacial score (nSPS) is 10.7. The predicted octanol–water partition coefficient (Wildman–Crippen LogP) is 3.97. The fourth-order valence-corrected chi connectivity index (χ4v) is 2.74. The summed E-state index contributed by atoms with van der Waals surface area (Å²) in [5.74, 6) is 0. The van der Waals surface area contributed by atoms with Gasteiger partial charge in [0.25, 0.3) is 0 Å². The lowest BCUT2D eigenvalue weighted by atomic mass is 9.97. The van der Waals surface area contributed by atoms with Crippen LogP contribution in [0.4, 0.5) is 5.69 Å². The van der Waals surface area contributed by atoms with Gasteiger partial charge in [-0.2, -0.15) is 4.57 Å². The monoisotopic (exact) mass is 261 g/mol. The molecule has 98 valence electrons. The van der Waals surface area contributed by atoms with Crippen LogP contribution in [0.3, 0.4) is 0 Å². The van der Waals surface area contributed by atoms with Crippen molar-refractivity contribution in [1.82, 2.24) is 0 Å². The Labute approximate surface area is 119 Å². The van der Waals surface area contributed by atoms with E-state index < -0.39 is 0 Å². The molecule has 3 rings (SSSR count). The van der Waals surface area contributed by atoms with Gasteiger partial charge in [0.15, 0.2) is 6.20 Å². The van der Waals surface area contributed by atoms with Crippen LogP contribution in [-0.2, 0) is 7.05 Å². The minimum absolute atomic E-state index is 0.911. The summed E-state index contributed by atoms with van der Waals surface area (Å²) in [5.41, 5.74) is 4.49. The average Bonchev–Trinajstić information content (AvgIpc) is 2.48. The van der Waals surface area contributed by atoms with E-state index in [2.05, 4.69) is 59.6 Å². The van der Waals surface area contributed by atoms with Crippen LogP contribution >= 0.6 is 0 Å². The van der Waals surface area contributed by atoms with E-state index in [9.17, 15) is 0 Å². The smallest absolute Gasteiger partial charge is 0.238 e. The fourth-order valence-electron chi connectivity index (χ4n) is 2.74. The molecular formula is C18H17N2+. The van der Waals surface area contributed by atoms with Gasteiger partial charge in [-0.3, -0.25) is 4.99 Å². The molecule has 2 heteroatoms. The van der Waals surface area contributed by atoms with Crippen molar-refractivity contribution in [3.8, 4) is 11.3 Å². The third-order valence-corrected chi connectivity index (χ3v) is 3.78. The van der Waals surface area contributed by atoms with E-state index in [1.807, 2.05) is 25.4 Å². The standard InChI is InChI=1S/C18H17N2/c1-13-15-8-5-4-7-14(15)10-11-16(13)18-17(19-2)9-6-12-20(18)3/h4-12H,2H2,1,3H3/q+1. The summed E-state index contributed by atoms with van der Waals surface area (Å²) >= 11 is 0. The van der Waals surface area contributed by atoms with Crippen molar-refractivity contribution >= 4 is 23.2 Å². The van der Waals surface area contributed by atoms with Crippen LogP contribution in [0.2, 0.25) is 0 Å². The summed E-state index contributed by atoms with van der Waals surface area (Å²) in [7, 11) is 2.04. The molecule has 0 bridgehead atoms. The van der Waals surface area contributed by atoms with Crippen molar-refractivity contribution < 1.29 is 4.57 Å². The Kier molecular flexibility index (Phi) is 3.07. The van der Waals surface area contributed by atoms with Crippen LogP contribution in [0.25, 0.3) is 22.0 Å². The second kappa shape index (κ2) is 4.89. The van der Waals surface area contributed by atoms with E-state index in [0.717, 1.165) is 11.4 Å². The highest BCUT2D eigenvalue weighted by Crippen LogP contribution is 2.32. The first-order chi connectivity index (χ1) is 9.72. The first kappa shape index (κ1) is 12.5. The first-order valence-electron chi connectivity index (χ1n) is 6.66. The number of nitrogens with zero attached hydrogens (tertiary/aromatic N) is 2. The summed E-state index contributed by atoms with van der Waals surface area (Å²) in [6.07, 6.45) is 2.04. The van der Waals surface area contributed by atoms with Crippen LogP contribution in [0.5, 0.6) is 0 Å². The molecule has 0 amide bonds. The number of aliphatic imine (C=N–C) groups is 1. The van der Waals surface area contributed by atoms with Crippen molar-refractivity contribution in [2.45, 2.75) is 6.92 Å². The molecule has 0 radical (unpaired) electrons. The fraction of sp³-hybridized carbons (Fsp3) is 0.111. The van der Waals surface area contributed by atoms with E-state index >= 15 is 0 Å². The third-order valence-electron chi connectivity index (χ3n) is 3.78. The summed E-state index contributed by atoms with van der Waals surface area (Å²) in [5, 5.41) is 2.55. The second-order valence-electron chi connectivity index (χ2n) is 4.97. The number of hydrogen-bond donors (Lipinski definition) is 0. The van der Waals surface area contributed by atoms with Crippen LogP contribution in [-0.4, -0.2) is 6.72 Å². The van der Waals surface area contributed by atoms with Gasteiger partial charge in [0.1, 0.15) is 12.7 Å². The predicted molar refractivity (Wildman–Crippen MR) is 84.5 cm³/mol. The maximum atomic E-state index is 4.16. The Morgan fingerprint density at radius 3 is 2.60 bits per heavy atom. The van der Waals surface area contributed by atoms with Crippen LogP contribution in [0.1, 0.15) is 5.56 Å². The Morgan fingerprint density at radius 2 is 1.80 bits per heavy atom. The molecule has 2 nitrogen and oxygen atoms in total. The van der Waals surface area contributed by atoms with Crippen LogP contribution in [0.15, 0.2) is 59.7 Å². The number of hydrogen-bond acceptors (Lipinski definition) is 1. The highest BCUT2D eigenvalue weighted by Gasteiger charge is 2.18. The second-order valence-corrected chi connectivity index (χ2v) is 4.97. The van der Waals surface area contributed by atoms with Gasteiger partial charge in [0.05, 0.1) is 5.56 Å². The lowest BCUT2D eigenvalue weighted by Gasteiger charge is -2.09. The van der Waals surface area contributed by atoms with E-state index in [-0.39, 0.29) is 0 Å². The van der Waals surface area contributed by atoms with Crippen molar-refractivity contribution in [1.29, 1.82) is 0 Å². The molecule has 3 aromatic rings. The SMILES string of the molecule is C=Nc1ccc[n+](C)c1-c1ccc2ccccc2c1C. The van der Waals surface area contributed by atoms with Gasteiger partial charge in [-0.15, -0.1) is 0 Å². The van der Waals surface area contributed by atoms with Gasteiger partial charge < -0.3 is 0 Å². The van der Waals surface area contributed by atoms with Gasteiger partial charge in [0.2, 0.25) is 5.69 Å². The van der Waals surface area contributed by atoms with Gasteiger partial charge in [-0.25, -0.2) is 0 Å². The molecule has 1 aromatic heterocycles. The van der Waals surface area contributed by atoms with Gasteiger partial charge >= 0.3 is 0 Å². The first-order valence-corrected chi connectivity index (χ1v) is 6.66. The maximum Gasteiger partial charge on any atom is 0.238 e. The summed E-state index contributed by atoms with van der Waals surface area (Å²) < 4.78 is 2.10. The van der Waals surface area contributed by atoms with Crippen molar-refractivity contribution in [2.24, 2.45) is 12.0 Å². The van der Waals surface area contributed by atoms with E-state index in [4.69, 9.17) is 0 Å². The van der Waals surface area contributed by atoms with Crippen LogP contribution in [0, 0.1) is 6.92 Å². The minimum atomic E-state index is 0.911. The molecule has 1 heterocycles. The highest BCUT2D eigenvalue weighted by molar-refractivity contribution is 5.92. The molecule has 0 saturated heterocycles. The summed E-state index contributed by atoms with van der Waals surface area (Å²) in [6, 6.07) is 16.8. The molecule has 0 aliphatic rings. The zero-order chi connectivity index (χ0) is 14.1. The molecule has 0 aliphatic heterocycles. The Morgan fingerprint density at radius 1 is 1.00 bits per heavy atom. The number of rotatable bonds is 2. The average molecular weight is 261 g/mol. The Hall–Kier alpha value is -2.48. The molecular weight excluding hydrogens is 244 g/mol. The molecule has 0 aliphatic carbocycles. The number of fused-ring (bicyclic) bond motifs is 1. The molecule has 0 unspecified atom stereocenters. The molecule has 20 heavy (non-hydrogen) atoms. The zero-order valence-electron chi connectivity index (χ0n) is 11.8. The highest BCUT2D eigenvalue weighted by atomic mass is 14.9. The van der Waals surface area contributed by atoms with Crippen molar-refractivity contribution in [2.75, 3.05) is 0 Å². The van der Waals surface area contributed by atoms with E-state index in [1.54, 1.807) is 0 Å². The summed E-state index contributed by atoms with van der Waals surface area (Å²) in [4.78, 5) is 4.16. The molecule has 0 spiro atoms. The van der Waals surface area contributed by atoms with Crippen LogP contribution < -0.4 is 4.57 Å². The topological polar surface area (TPSA) is 16.2 Å². The lowest BCUT2D eigenvalue weighted by Crippen LogP contribution is -2.30. The Bertz CT molecular complexity index is 804. The number of aryl methyl sites for hydroxylation is 2. The number of pyridine rings is 1. The van der Waals surface area contributed by atoms with Gasteiger partial charge in [-0.05, 0) is 42.1 Å². The van der Waals surface area contributed by atoms with Gasteiger partial charge in [-0.1, -0.05) is 30.3 Å². The summed E-state index contributed by atoms with van der Waals surface area (Å²) in [6.45, 7) is 5.85. The van der Waals surface area contributed by atoms with Crippen molar-refractivity contribution in [3.05, 3.63) is 60.3 Å². The Balaban J connectivity index is 2.36. The van der Waals surface area contributed by atoms with Crippen molar-refractivity contribution in [3.63, 3.8) is 0 Å².